The van der Waals surface area contributed by atoms with E-state index < -0.39 is 10.2 Å². The summed E-state index contributed by atoms with van der Waals surface area (Å²) in [5, 5.41) is 0. The molecule has 7 nitrogen and oxygen atoms in total. The van der Waals surface area contributed by atoms with Gasteiger partial charge in [0.15, 0.2) is 0 Å². The van der Waals surface area contributed by atoms with Crippen molar-refractivity contribution in [2.75, 3.05) is 13.1 Å². The summed E-state index contributed by atoms with van der Waals surface area (Å²) >= 11 is 0. The molecule has 1 aromatic heterocycles. The normalized spacial score (nSPS) is 12.1. The first-order valence-corrected chi connectivity index (χ1v) is 7.93. The van der Waals surface area contributed by atoms with Crippen molar-refractivity contribution in [1.29, 1.82) is 0 Å². The molecule has 0 aliphatic heterocycles. The highest BCUT2D eigenvalue weighted by molar-refractivity contribution is 7.87. The third-order valence-electron chi connectivity index (χ3n) is 2.87. The molecule has 2 rings (SSSR count). The highest BCUT2D eigenvalue weighted by atomic mass is 32.2. The quantitative estimate of drug-likeness (QED) is 0.635. The molecular weight excluding hydrogens is 280 g/mol. The molecular formula is C12H18N4O3S. The molecule has 2 aromatic rings. The Labute approximate surface area is 117 Å². The molecule has 0 fully saturated rings. The van der Waals surface area contributed by atoms with Crippen LogP contribution in [0.25, 0.3) is 11.0 Å². The summed E-state index contributed by atoms with van der Waals surface area (Å²) in [6.45, 7) is 2.79. The lowest BCUT2D eigenvalue weighted by Crippen LogP contribution is -2.37. The number of benzene rings is 1. The molecule has 8 heteroatoms. The summed E-state index contributed by atoms with van der Waals surface area (Å²) in [6, 6.07) is 7.41. The maximum Gasteiger partial charge on any atom is 0.326 e. The van der Waals surface area contributed by atoms with Gasteiger partial charge in [0.1, 0.15) is 0 Å². The fourth-order valence-corrected chi connectivity index (χ4v) is 2.91. The van der Waals surface area contributed by atoms with Crippen molar-refractivity contribution in [3.8, 4) is 0 Å². The number of imidazole rings is 1. The number of rotatable bonds is 7. The number of fused-ring (bicyclic) bond motifs is 1. The average molecular weight is 298 g/mol. The number of hydrogen-bond donors (Lipinski definition) is 3. The van der Waals surface area contributed by atoms with Crippen LogP contribution >= 0.6 is 0 Å². The van der Waals surface area contributed by atoms with Gasteiger partial charge in [0, 0.05) is 19.6 Å². The summed E-state index contributed by atoms with van der Waals surface area (Å²) in [7, 11) is -3.42. The largest absolute Gasteiger partial charge is 0.326 e. The average Bonchev–Trinajstić information content (AvgIpc) is 2.70. The lowest BCUT2D eigenvalue weighted by molar-refractivity contribution is 0.558. The maximum atomic E-state index is 11.8. The highest BCUT2D eigenvalue weighted by Gasteiger charge is 2.08. The van der Waals surface area contributed by atoms with Gasteiger partial charge in [0.05, 0.1) is 11.0 Å². The molecule has 0 saturated carbocycles. The second kappa shape index (κ2) is 6.21. The van der Waals surface area contributed by atoms with Gasteiger partial charge in [-0.1, -0.05) is 19.1 Å². The van der Waals surface area contributed by atoms with E-state index in [1.165, 1.54) is 0 Å². The molecule has 0 unspecified atom stereocenters. The Balaban J connectivity index is 1.97. The van der Waals surface area contributed by atoms with Crippen LogP contribution in [0.2, 0.25) is 0 Å². The topological polar surface area (TPSA) is 96.0 Å². The molecule has 1 heterocycles. The SMILES string of the molecule is CCNS(=O)(=O)NCCCn1c(=O)[nH]c2ccccc21. The van der Waals surface area contributed by atoms with Crippen LogP contribution in [0.15, 0.2) is 29.1 Å². The molecule has 0 spiro atoms. The Morgan fingerprint density at radius 2 is 2.00 bits per heavy atom. The van der Waals surface area contributed by atoms with Gasteiger partial charge in [0.2, 0.25) is 0 Å². The van der Waals surface area contributed by atoms with E-state index in [-0.39, 0.29) is 12.2 Å². The van der Waals surface area contributed by atoms with E-state index in [9.17, 15) is 13.2 Å². The first kappa shape index (κ1) is 14.8. The minimum absolute atomic E-state index is 0.180. The molecule has 0 aliphatic rings. The predicted octanol–water partition coefficient (Wildman–Crippen LogP) is 0.164. The Morgan fingerprint density at radius 1 is 1.25 bits per heavy atom. The first-order chi connectivity index (χ1) is 9.53. The number of aromatic amines is 1. The molecule has 0 aliphatic carbocycles. The van der Waals surface area contributed by atoms with Crippen LogP contribution in [-0.2, 0) is 16.8 Å². The molecule has 110 valence electrons. The van der Waals surface area contributed by atoms with Crippen LogP contribution in [-0.4, -0.2) is 31.1 Å². The van der Waals surface area contributed by atoms with Crippen molar-refractivity contribution in [1.82, 2.24) is 19.0 Å². The van der Waals surface area contributed by atoms with Crippen LogP contribution in [0, 0.1) is 0 Å². The van der Waals surface area contributed by atoms with Crippen molar-refractivity contribution in [3.05, 3.63) is 34.7 Å². The van der Waals surface area contributed by atoms with Crippen LogP contribution in [0.3, 0.4) is 0 Å². The van der Waals surface area contributed by atoms with E-state index >= 15 is 0 Å². The zero-order chi connectivity index (χ0) is 14.6. The molecule has 0 radical (unpaired) electrons. The summed E-state index contributed by atoms with van der Waals surface area (Å²) in [5.41, 5.74) is 1.43. The third kappa shape index (κ3) is 3.47. The Bertz CT molecular complexity index is 732. The van der Waals surface area contributed by atoms with Crippen LogP contribution in [0.1, 0.15) is 13.3 Å². The van der Waals surface area contributed by atoms with Crippen molar-refractivity contribution in [2.24, 2.45) is 0 Å². The minimum Gasteiger partial charge on any atom is -0.306 e. The first-order valence-electron chi connectivity index (χ1n) is 6.45. The standard InChI is InChI=1S/C12H18N4O3S/c1-2-13-20(18,19)14-8-5-9-16-11-7-4-3-6-10(11)15-12(16)17/h3-4,6-7,13-14H,2,5,8-9H2,1H3,(H,15,17). The fraction of sp³-hybridized carbons (Fsp3) is 0.417. The highest BCUT2D eigenvalue weighted by Crippen LogP contribution is 2.08. The van der Waals surface area contributed by atoms with Crippen molar-refractivity contribution in [2.45, 2.75) is 19.9 Å². The van der Waals surface area contributed by atoms with E-state index in [0.717, 1.165) is 11.0 Å². The predicted molar refractivity (Wildman–Crippen MR) is 77.8 cm³/mol. The molecule has 0 atom stereocenters. The fourth-order valence-electron chi connectivity index (χ4n) is 2.01. The van der Waals surface area contributed by atoms with Crippen molar-refractivity contribution >= 4 is 21.2 Å². The lowest BCUT2D eigenvalue weighted by atomic mass is 10.3. The number of nitrogens with zero attached hydrogens (tertiary/aromatic N) is 1. The van der Waals surface area contributed by atoms with Gasteiger partial charge < -0.3 is 4.98 Å². The van der Waals surface area contributed by atoms with Crippen molar-refractivity contribution in [3.63, 3.8) is 0 Å². The molecule has 0 bridgehead atoms. The number of nitrogens with one attached hydrogen (secondary N) is 3. The van der Waals surface area contributed by atoms with E-state index in [2.05, 4.69) is 14.4 Å². The van der Waals surface area contributed by atoms with Gasteiger partial charge >= 0.3 is 5.69 Å². The van der Waals surface area contributed by atoms with Gasteiger partial charge in [-0.3, -0.25) is 4.57 Å². The molecule has 3 N–H and O–H groups in total. The second-order valence-corrected chi connectivity index (χ2v) is 5.93. The molecule has 0 amide bonds. The zero-order valence-corrected chi connectivity index (χ0v) is 12.0. The van der Waals surface area contributed by atoms with Gasteiger partial charge in [-0.25, -0.2) is 14.2 Å². The zero-order valence-electron chi connectivity index (χ0n) is 11.2. The number of hydrogen-bond acceptors (Lipinski definition) is 3. The van der Waals surface area contributed by atoms with Crippen LogP contribution in [0.5, 0.6) is 0 Å². The van der Waals surface area contributed by atoms with E-state index in [4.69, 9.17) is 0 Å². The lowest BCUT2D eigenvalue weighted by Gasteiger charge is -2.07. The monoisotopic (exact) mass is 298 g/mol. The smallest absolute Gasteiger partial charge is 0.306 e. The molecule has 0 saturated heterocycles. The summed E-state index contributed by atoms with van der Waals surface area (Å²) < 4.78 is 29.1. The summed E-state index contributed by atoms with van der Waals surface area (Å²) in [5.74, 6) is 0. The minimum atomic E-state index is -3.42. The van der Waals surface area contributed by atoms with Gasteiger partial charge in [0.25, 0.3) is 10.2 Å². The molecule has 20 heavy (non-hydrogen) atoms. The number of aryl methyl sites for hydroxylation is 1. The Morgan fingerprint density at radius 3 is 2.75 bits per heavy atom. The number of H-pyrrole nitrogens is 1. The van der Waals surface area contributed by atoms with E-state index in [0.29, 0.717) is 19.5 Å². The maximum absolute atomic E-state index is 11.8. The Hall–Kier alpha value is -1.64. The summed E-state index contributed by atoms with van der Waals surface area (Å²) in [6.07, 6.45) is 0.534. The van der Waals surface area contributed by atoms with Gasteiger partial charge in [-0.05, 0) is 18.6 Å². The van der Waals surface area contributed by atoms with Crippen LogP contribution in [0.4, 0.5) is 0 Å². The Kier molecular flexibility index (Phi) is 4.58. The second-order valence-electron chi connectivity index (χ2n) is 4.35. The van der Waals surface area contributed by atoms with Gasteiger partial charge in [-0.15, -0.1) is 0 Å². The van der Waals surface area contributed by atoms with Crippen molar-refractivity contribution < 1.29 is 8.42 Å². The number of aromatic nitrogens is 2. The summed E-state index contributed by atoms with van der Waals surface area (Å²) in [4.78, 5) is 14.5. The van der Waals surface area contributed by atoms with Gasteiger partial charge in [-0.2, -0.15) is 8.42 Å². The van der Waals surface area contributed by atoms with Crippen LogP contribution < -0.4 is 15.1 Å². The number of para-hydroxylation sites is 2. The molecule has 1 aromatic carbocycles. The van der Waals surface area contributed by atoms with E-state index in [1.807, 2.05) is 24.3 Å². The van der Waals surface area contributed by atoms with E-state index in [1.54, 1.807) is 11.5 Å². The third-order valence-corrected chi connectivity index (χ3v) is 4.12.